The lowest BCUT2D eigenvalue weighted by Crippen LogP contribution is -2.30. The van der Waals surface area contributed by atoms with Crippen molar-refractivity contribution in [3.8, 4) is 0 Å². The van der Waals surface area contributed by atoms with Crippen LogP contribution in [0.2, 0.25) is 0 Å². The van der Waals surface area contributed by atoms with Crippen molar-refractivity contribution < 1.29 is 0 Å². The average Bonchev–Trinajstić information content (AvgIpc) is 2.16. The molecule has 0 radical (unpaired) electrons. The molecule has 0 saturated heterocycles. The van der Waals surface area contributed by atoms with Gasteiger partial charge in [0.2, 0.25) is 0 Å². The maximum absolute atomic E-state index is 5.36. The van der Waals surface area contributed by atoms with Crippen molar-refractivity contribution in [3.63, 3.8) is 0 Å². The SMILES string of the molecule is CNCCCNCCNCCCN. The van der Waals surface area contributed by atoms with Crippen molar-refractivity contribution in [2.75, 3.05) is 46.3 Å². The fraction of sp³-hybridized carbons (Fsp3) is 1.00. The minimum atomic E-state index is 0.780. The second kappa shape index (κ2) is 11.8. The molecule has 5 N–H and O–H groups in total. The summed E-state index contributed by atoms with van der Waals surface area (Å²) in [5, 5.41) is 9.80. The van der Waals surface area contributed by atoms with Gasteiger partial charge in [-0.2, -0.15) is 0 Å². The third-order valence-corrected chi connectivity index (χ3v) is 1.82. The van der Waals surface area contributed by atoms with Crippen molar-refractivity contribution in [2.45, 2.75) is 12.8 Å². The van der Waals surface area contributed by atoms with Crippen LogP contribution in [0, 0.1) is 0 Å². The second-order valence-corrected chi connectivity index (χ2v) is 3.10. The monoisotopic (exact) mass is 188 g/mol. The molecule has 0 spiro atoms. The molecular formula is C9H24N4. The summed E-state index contributed by atoms with van der Waals surface area (Å²) in [5.41, 5.74) is 5.36. The molecule has 4 heteroatoms. The molecule has 4 nitrogen and oxygen atoms in total. The first-order valence-electron chi connectivity index (χ1n) is 5.18. The molecule has 0 aromatic carbocycles. The van der Waals surface area contributed by atoms with Crippen LogP contribution in [-0.2, 0) is 0 Å². The van der Waals surface area contributed by atoms with Gasteiger partial charge >= 0.3 is 0 Å². The van der Waals surface area contributed by atoms with E-state index in [2.05, 4.69) is 16.0 Å². The minimum Gasteiger partial charge on any atom is -0.330 e. The minimum absolute atomic E-state index is 0.780. The molecule has 0 fully saturated rings. The van der Waals surface area contributed by atoms with E-state index in [0.717, 1.165) is 45.7 Å². The molecule has 13 heavy (non-hydrogen) atoms. The van der Waals surface area contributed by atoms with Crippen LogP contribution in [0.5, 0.6) is 0 Å². The van der Waals surface area contributed by atoms with E-state index < -0.39 is 0 Å². The molecular weight excluding hydrogens is 164 g/mol. The van der Waals surface area contributed by atoms with Crippen LogP contribution in [0.15, 0.2) is 0 Å². The van der Waals surface area contributed by atoms with E-state index in [4.69, 9.17) is 5.73 Å². The summed E-state index contributed by atoms with van der Waals surface area (Å²) >= 11 is 0. The Labute approximate surface area is 81.6 Å². The predicted octanol–water partition coefficient (Wildman–Crippen LogP) is -0.876. The smallest absolute Gasteiger partial charge is 0.00767 e. The molecule has 0 aromatic heterocycles. The van der Waals surface area contributed by atoms with Crippen LogP contribution < -0.4 is 21.7 Å². The van der Waals surface area contributed by atoms with E-state index >= 15 is 0 Å². The van der Waals surface area contributed by atoms with E-state index in [9.17, 15) is 0 Å². The van der Waals surface area contributed by atoms with Crippen LogP contribution in [0.1, 0.15) is 12.8 Å². The van der Waals surface area contributed by atoms with E-state index in [1.807, 2.05) is 7.05 Å². The Balaban J connectivity index is 2.76. The van der Waals surface area contributed by atoms with Gasteiger partial charge in [0.25, 0.3) is 0 Å². The lowest BCUT2D eigenvalue weighted by atomic mass is 10.4. The molecule has 0 unspecified atom stereocenters. The highest BCUT2D eigenvalue weighted by Gasteiger charge is 1.87. The van der Waals surface area contributed by atoms with E-state index in [0.29, 0.717) is 0 Å². The van der Waals surface area contributed by atoms with Crippen molar-refractivity contribution in [3.05, 3.63) is 0 Å². The molecule has 80 valence electrons. The fourth-order valence-corrected chi connectivity index (χ4v) is 1.04. The van der Waals surface area contributed by atoms with Crippen LogP contribution in [0.25, 0.3) is 0 Å². The first kappa shape index (κ1) is 12.8. The standard InChI is InChI=1S/C9H24N4/c1-11-5-3-7-13-9-8-12-6-2-4-10/h11-13H,2-10H2,1H3. The van der Waals surface area contributed by atoms with E-state index in [1.165, 1.54) is 6.42 Å². The van der Waals surface area contributed by atoms with Crippen molar-refractivity contribution >= 4 is 0 Å². The zero-order chi connectivity index (χ0) is 9.78. The molecule has 0 aliphatic rings. The predicted molar refractivity (Wildman–Crippen MR) is 58.0 cm³/mol. The summed E-state index contributed by atoms with van der Waals surface area (Å²) in [4.78, 5) is 0. The van der Waals surface area contributed by atoms with Gasteiger partial charge in [-0.15, -0.1) is 0 Å². The Morgan fingerprint density at radius 3 is 2.00 bits per heavy atom. The highest BCUT2D eigenvalue weighted by atomic mass is 14.9. The van der Waals surface area contributed by atoms with E-state index in [1.54, 1.807) is 0 Å². The number of hydrogen-bond donors (Lipinski definition) is 4. The van der Waals surface area contributed by atoms with Crippen LogP contribution in [0.4, 0.5) is 0 Å². The Bertz CT molecular complexity index is 77.7. The number of rotatable bonds is 10. The van der Waals surface area contributed by atoms with Crippen LogP contribution in [0.3, 0.4) is 0 Å². The van der Waals surface area contributed by atoms with Gasteiger partial charge < -0.3 is 21.7 Å². The third kappa shape index (κ3) is 11.8. The number of nitrogens with two attached hydrogens (primary N) is 1. The molecule has 0 heterocycles. The quantitative estimate of drug-likeness (QED) is 0.336. The molecule has 0 saturated carbocycles. The van der Waals surface area contributed by atoms with Gasteiger partial charge in [-0.05, 0) is 46.1 Å². The molecule has 0 bridgehead atoms. The van der Waals surface area contributed by atoms with Gasteiger partial charge in [-0.1, -0.05) is 0 Å². The second-order valence-electron chi connectivity index (χ2n) is 3.10. The van der Waals surface area contributed by atoms with Gasteiger partial charge in [0.1, 0.15) is 0 Å². The third-order valence-electron chi connectivity index (χ3n) is 1.82. The Hall–Kier alpha value is -0.160. The average molecular weight is 188 g/mol. The molecule has 0 aromatic rings. The molecule has 0 rings (SSSR count). The van der Waals surface area contributed by atoms with Gasteiger partial charge in [-0.25, -0.2) is 0 Å². The summed E-state index contributed by atoms with van der Waals surface area (Å²) in [6.07, 6.45) is 2.26. The zero-order valence-corrected chi connectivity index (χ0v) is 8.73. The maximum atomic E-state index is 5.36. The lowest BCUT2D eigenvalue weighted by Gasteiger charge is -2.05. The lowest BCUT2D eigenvalue weighted by molar-refractivity contribution is 0.580. The fourth-order valence-electron chi connectivity index (χ4n) is 1.04. The Morgan fingerprint density at radius 2 is 1.46 bits per heavy atom. The maximum Gasteiger partial charge on any atom is 0.00767 e. The summed E-state index contributed by atoms with van der Waals surface area (Å²) < 4.78 is 0. The first-order chi connectivity index (χ1) is 6.41. The van der Waals surface area contributed by atoms with Gasteiger partial charge in [0.15, 0.2) is 0 Å². The Morgan fingerprint density at radius 1 is 0.846 bits per heavy atom. The molecule has 0 atom stereocenters. The number of nitrogens with one attached hydrogen (secondary N) is 3. The van der Waals surface area contributed by atoms with Gasteiger partial charge in [-0.3, -0.25) is 0 Å². The summed E-state index contributed by atoms with van der Waals surface area (Å²) in [6, 6.07) is 0. The summed E-state index contributed by atoms with van der Waals surface area (Å²) in [6.45, 7) is 6.10. The zero-order valence-electron chi connectivity index (χ0n) is 8.73. The van der Waals surface area contributed by atoms with Crippen molar-refractivity contribution in [2.24, 2.45) is 5.73 Å². The highest BCUT2D eigenvalue weighted by molar-refractivity contribution is 4.53. The highest BCUT2D eigenvalue weighted by Crippen LogP contribution is 1.71. The number of hydrogen-bond acceptors (Lipinski definition) is 4. The van der Waals surface area contributed by atoms with Crippen molar-refractivity contribution in [1.82, 2.24) is 16.0 Å². The van der Waals surface area contributed by atoms with Gasteiger partial charge in [0, 0.05) is 13.1 Å². The molecule has 0 aliphatic carbocycles. The van der Waals surface area contributed by atoms with Crippen LogP contribution >= 0.6 is 0 Å². The van der Waals surface area contributed by atoms with Gasteiger partial charge in [0.05, 0.1) is 0 Å². The molecule has 0 aliphatic heterocycles. The topological polar surface area (TPSA) is 62.1 Å². The summed E-state index contributed by atoms with van der Waals surface area (Å²) in [7, 11) is 1.98. The van der Waals surface area contributed by atoms with E-state index in [-0.39, 0.29) is 0 Å². The molecule has 0 amide bonds. The normalized spacial score (nSPS) is 10.6. The Kier molecular flexibility index (Phi) is 11.7. The van der Waals surface area contributed by atoms with Crippen LogP contribution in [-0.4, -0.2) is 46.3 Å². The summed E-state index contributed by atoms with van der Waals surface area (Å²) in [5.74, 6) is 0. The largest absolute Gasteiger partial charge is 0.330 e. The first-order valence-corrected chi connectivity index (χ1v) is 5.18. The van der Waals surface area contributed by atoms with Crippen molar-refractivity contribution in [1.29, 1.82) is 0 Å².